The van der Waals surface area contributed by atoms with Crippen molar-refractivity contribution in [1.29, 1.82) is 0 Å². The predicted octanol–water partition coefficient (Wildman–Crippen LogP) is 2.34. The summed E-state index contributed by atoms with van der Waals surface area (Å²) in [6, 6.07) is 3.78. The highest BCUT2D eigenvalue weighted by Gasteiger charge is 2.26. The third-order valence-electron chi connectivity index (χ3n) is 3.26. The van der Waals surface area contributed by atoms with E-state index in [0.29, 0.717) is 18.3 Å². The van der Waals surface area contributed by atoms with Crippen molar-refractivity contribution in [3.05, 3.63) is 35.6 Å². The van der Waals surface area contributed by atoms with E-state index in [2.05, 4.69) is 20.2 Å². The molecule has 3 rings (SSSR count). The van der Waals surface area contributed by atoms with Crippen molar-refractivity contribution in [1.82, 2.24) is 9.97 Å². The highest BCUT2D eigenvalue weighted by atomic mass is 35.5. The van der Waals surface area contributed by atoms with Gasteiger partial charge in [0.25, 0.3) is 0 Å². The summed E-state index contributed by atoms with van der Waals surface area (Å²) in [4.78, 5) is 10.4. The maximum Gasteiger partial charge on any atom is 0.157 e. The molecule has 20 heavy (non-hydrogen) atoms. The van der Waals surface area contributed by atoms with Gasteiger partial charge in [0.05, 0.1) is 19.4 Å². The Morgan fingerprint density at radius 3 is 3.10 bits per heavy atom. The minimum atomic E-state index is -0.0998. The molecule has 1 atom stereocenters. The third-order valence-corrected chi connectivity index (χ3v) is 3.54. The molecule has 1 unspecified atom stereocenters. The highest BCUT2D eigenvalue weighted by Crippen LogP contribution is 2.32. The number of nitrogens with zero attached hydrogens (tertiary/aromatic N) is 3. The Labute approximate surface area is 121 Å². The molecule has 3 heterocycles. The lowest BCUT2D eigenvalue weighted by Crippen LogP contribution is -2.39. The van der Waals surface area contributed by atoms with Crippen molar-refractivity contribution in [2.45, 2.75) is 6.10 Å². The Hall–Kier alpha value is -1.79. The SMILES string of the molecule is CNc1c(Cl)ncnc1N1CCOC(c2ccco2)C1. The summed E-state index contributed by atoms with van der Waals surface area (Å²) in [6.07, 6.45) is 3.02. The van der Waals surface area contributed by atoms with Gasteiger partial charge in [0.1, 0.15) is 23.9 Å². The van der Waals surface area contributed by atoms with Crippen molar-refractivity contribution in [2.75, 3.05) is 37.0 Å². The van der Waals surface area contributed by atoms with Crippen LogP contribution >= 0.6 is 11.6 Å². The molecule has 0 radical (unpaired) electrons. The van der Waals surface area contributed by atoms with E-state index < -0.39 is 0 Å². The standard InChI is InChI=1S/C13H15ClN4O2/c1-15-11-12(14)16-8-17-13(11)18-4-6-20-10(7-18)9-3-2-5-19-9/h2-3,5,8,10,15H,4,6-7H2,1H3. The molecule has 0 aromatic carbocycles. The first-order valence-corrected chi connectivity index (χ1v) is 6.75. The zero-order valence-corrected chi connectivity index (χ0v) is 11.8. The van der Waals surface area contributed by atoms with E-state index in [1.165, 1.54) is 6.33 Å². The van der Waals surface area contributed by atoms with E-state index >= 15 is 0 Å². The zero-order chi connectivity index (χ0) is 13.9. The van der Waals surface area contributed by atoms with Crippen LogP contribution in [0.4, 0.5) is 11.5 Å². The van der Waals surface area contributed by atoms with Crippen LogP contribution in [-0.2, 0) is 4.74 Å². The fourth-order valence-electron chi connectivity index (χ4n) is 2.30. The number of hydrogen-bond acceptors (Lipinski definition) is 6. The number of nitrogens with one attached hydrogen (secondary N) is 1. The van der Waals surface area contributed by atoms with Gasteiger partial charge in [0, 0.05) is 13.6 Å². The first kappa shape index (κ1) is 13.2. The topological polar surface area (TPSA) is 63.4 Å². The number of halogens is 1. The fraction of sp³-hybridized carbons (Fsp3) is 0.385. The Bertz CT molecular complexity index is 576. The largest absolute Gasteiger partial charge is 0.467 e. The molecule has 0 aliphatic carbocycles. The number of ether oxygens (including phenoxy) is 1. The summed E-state index contributed by atoms with van der Waals surface area (Å²) in [6.45, 7) is 2.02. The van der Waals surface area contributed by atoms with Crippen LogP contribution in [0, 0.1) is 0 Å². The molecule has 1 fully saturated rings. The number of aromatic nitrogens is 2. The van der Waals surface area contributed by atoms with Gasteiger partial charge in [-0.25, -0.2) is 9.97 Å². The first-order valence-electron chi connectivity index (χ1n) is 6.38. The van der Waals surface area contributed by atoms with Crippen molar-refractivity contribution in [3.8, 4) is 0 Å². The van der Waals surface area contributed by atoms with Gasteiger partial charge in [-0.05, 0) is 12.1 Å². The van der Waals surface area contributed by atoms with Crippen LogP contribution in [0.15, 0.2) is 29.1 Å². The van der Waals surface area contributed by atoms with Gasteiger partial charge in [-0.15, -0.1) is 0 Å². The number of furan rings is 1. The number of anilines is 2. The third kappa shape index (κ3) is 2.44. The molecular formula is C13H15ClN4O2. The quantitative estimate of drug-likeness (QED) is 0.877. The van der Waals surface area contributed by atoms with E-state index in [4.69, 9.17) is 20.8 Å². The molecule has 0 bridgehead atoms. The molecule has 0 saturated carbocycles. The number of hydrogen-bond donors (Lipinski definition) is 1. The monoisotopic (exact) mass is 294 g/mol. The van der Waals surface area contributed by atoms with Gasteiger partial charge in [0.2, 0.25) is 0 Å². The van der Waals surface area contributed by atoms with Gasteiger partial charge in [-0.1, -0.05) is 11.6 Å². The predicted molar refractivity (Wildman–Crippen MR) is 76.2 cm³/mol. The number of morpholine rings is 1. The summed E-state index contributed by atoms with van der Waals surface area (Å²) in [5.41, 5.74) is 0.731. The van der Waals surface area contributed by atoms with Crippen LogP contribution in [-0.4, -0.2) is 36.7 Å². The molecular weight excluding hydrogens is 280 g/mol. The second kappa shape index (κ2) is 5.68. The summed E-state index contributed by atoms with van der Waals surface area (Å²) in [5.74, 6) is 1.60. The lowest BCUT2D eigenvalue weighted by atomic mass is 10.2. The Kier molecular flexibility index (Phi) is 3.75. The zero-order valence-electron chi connectivity index (χ0n) is 11.0. The average Bonchev–Trinajstić information content (AvgIpc) is 3.01. The van der Waals surface area contributed by atoms with Crippen molar-refractivity contribution < 1.29 is 9.15 Å². The van der Waals surface area contributed by atoms with Crippen LogP contribution in [0.25, 0.3) is 0 Å². The molecule has 7 heteroatoms. The summed E-state index contributed by atoms with van der Waals surface area (Å²) < 4.78 is 11.2. The lowest BCUT2D eigenvalue weighted by molar-refractivity contribution is 0.0255. The second-order valence-electron chi connectivity index (χ2n) is 4.43. The van der Waals surface area contributed by atoms with Crippen LogP contribution in [0.3, 0.4) is 0 Å². The van der Waals surface area contributed by atoms with E-state index in [1.54, 1.807) is 13.3 Å². The van der Waals surface area contributed by atoms with Crippen LogP contribution < -0.4 is 10.2 Å². The molecule has 0 spiro atoms. The smallest absolute Gasteiger partial charge is 0.157 e. The molecule has 1 N–H and O–H groups in total. The Morgan fingerprint density at radius 1 is 1.45 bits per heavy atom. The second-order valence-corrected chi connectivity index (χ2v) is 4.79. The van der Waals surface area contributed by atoms with Crippen LogP contribution in [0.2, 0.25) is 5.15 Å². The lowest BCUT2D eigenvalue weighted by Gasteiger charge is -2.33. The van der Waals surface area contributed by atoms with E-state index in [9.17, 15) is 0 Å². The summed E-state index contributed by atoms with van der Waals surface area (Å²) in [7, 11) is 1.80. The van der Waals surface area contributed by atoms with E-state index in [-0.39, 0.29) is 6.10 Å². The molecule has 1 aliphatic rings. The summed E-state index contributed by atoms with van der Waals surface area (Å²) in [5, 5.41) is 3.46. The van der Waals surface area contributed by atoms with Crippen LogP contribution in [0.5, 0.6) is 0 Å². The fourth-order valence-corrected chi connectivity index (χ4v) is 2.52. The van der Waals surface area contributed by atoms with Gasteiger partial charge in [-0.3, -0.25) is 0 Å². The van der Waals surface area contributed by atoms with Crippen molar-refractivity contribution in [3.63, 3.8) is 0 Å². The van der Waals surface area contributed by atoms with Gasteiger partial charge in [0.15, 0.2) is 11.0 Å². The molecule has 0 amide bonds. The van der Waals surface area contributed by atoms with Gasteiger partial charge >= 0.3 is 0 Å². The molecule has 106 valence electrons. The minimum Gasteiger partial charge on any atom is -0.467 e. The molecule has 2 aromatic heterocycles. The van der Waals surface area contributed by atoms with Crippen molar-refractivity contribution >= 4 is 23.1 Å². The molecule has 1 saturated heterocycles. The molecule has 1 aliphatic heterocycles. The number of rotatable bonds is 3. The summed E-state index contributed by atoms with van der Waals surface area (Å²) >= 11 is 6.09. The van der Waals surface area contributed by atoms with Crippen LogP contribution in [0.1, 0.15) is 11.9 Å². The Balaban J connectivity index is 1.85. The average molecular weight is 295 g/mol. The molecule has 2 aromatic rings. The molecule has 6 nitrogen and oxygen atoms in total. The highest BCUT2D eigenvalue weighted by molar-refractivity contribution is 6.32. The van der Waals surface area contributed by atoms with E-state index in [1.807, 2.05) is 12.1 Å². The first-order chi connectivity index (χ1) is 9.79. The maximum absolute atomic E-state index is 6.09. The van der Waals surface area contributed by atoms with Gasteiger partial charge in [-0.2, -0.15) is 0 Å². The van der Waals surface area contributed by atoms with Crippen molar-refractivity contribution in [2.24, 2.45) is 0 Å². The van der Waals surface area contributed by atoms with Gasteiger partial charge < -0.3 is 19.4 Å². The normalized spacial score (nSPS) is 19.1. The maximum atomic E-state index is 6.09. The Morgan fingerprint density at radius 2 is 2.35 bits per heavy atom. The minimum absolute atomic E-state index is 0.0998. The van der Waals surface area contributed by atoms with E-state index in [0.717, 1.165) is 23.8 Å².